The molecule has 0 aromatic heterocycles. The Hall–Kier alpha value is -1.55. The highest BCUT2D eigenvalue weighted by atomic mass is 16.1. The van der Waals surface area contributed by atoms with Gasteiger partial charge in [0.25, 0.3) is 0 Å². The first-order valence-corrected chi connectivity index (χ1v) is 5.09. The fourth-order valence-corrected chi connectivity index (χ4v) is 1.79. The van der Waals surface area contributed by atoms with Crippen LogP contribution in [0.25, 0.3) is 0 Å². The molecule has 4 heteroatoms. The molecule has 0 amide bonds. The van der Waals surface area contributed by atoms with Crippen LogP contribution < -0.4 is 16.0 Å². The minimum absolute atomic E-state index is 0.0590. The van der Waals surface area contributed by atoms with Gasteiger partial charge >= 0.3 is 0 Å². The van der Waals surface area contributed by atoms with Crippen molar-refractivity contribution in [2.75, 3.05) is 30.3 Å². The molecular weight excluding hydrogens is 190 g/mol. The summed E-state index contributed by atoms with van der Waals surface area (Å²) < 4.78 is 0. The van der Waals surface area contributed by atoms with Crippen molar-refractivity contribution in [2.24, 2.45) is 0 Å². The van der Waals surface area contributed by atoms with Crippen LogP contribution in [-0.4, -0.2) is 32.0 Å². The molecular formula is C11H15N3O. The molecule has 0 aliphatic carbocycles. The van der Waals surface area contributed by atoms with Crippen molar-refractivity contribution in [3.8, 4) is 0 Å². The molecule has 1 aliphatic rings. The van der Waals surface area contributed by atoms with Gasteiger partial charge in [0.1, 0.15) is 6.29 Å². The number of carbonyl (C=O) groups is 1. The molecule has 1 aromatic carbocycles. The molecule has 1 heterocycles. The van der Waals surface area contributed by atoms with E-state index in [2.05, 4.69) is 10.2 Å². The van der Waals surface area contributed by atoms with E-state index < -0.39 is 0 Å². The van der Waals surface area contributed by atoms with Gasteiger partial charge in [-0.25, -0.2) is 0 Å². The van der Waals surface area contributed by atoms with Crippen LogP contribution in [0.3, 0.4) is 0 Å². The van der Waals surface area contributed by atoms with E-state index in [-0.39, 0.29) is 6.04 Å². The van der Waals surface area contributed by atoms with Gasteiger partial charge in [-0.3, -0.25) is 0 Å². The van der Waals surface area contributed by atoms with Gasteiger partial charge in [-0.2, -0.15) is 0 Å². The Bertz CT molecular complexity index is 336. The fraction of sp³-hybridized carbons (Fsp3) is 0.364. The molecule has 1 aromatic rings. The van der Waals surface area contributed by atoms with Crippen LogP contribution in [0, 0.1) is 0 Å². The summed E-state index contributed by atoms with van der Waals surface area (Å²) in [5.74, 6) is 0. The minimum Gasteiger partial charge on any atom is -0.399 e. The minimum atomic E-state index is -0.0590. The lowest BCUT2D eigenvalue weighted by atomic mass is 10.2. The average molecular weight is 205 g/mol. The highest BCUT2D eigenvalue weighted by Crippen LogP contribution is 2.17. The summed E-state index contributed by atoms with van der Waals surface area (Å²) in [6.07, 6.45) is 0.962. The molecule has 4 nitrogen and oxygen atoms in total. The summed E-state index contributed by atoms with van der Waals surface area (Å²) >= 11 is 0. The topological polar surface area (TPSA) is 58.4 Å². The number of nitrogens with two attached hydrogens (primary N) is 1. The van der Waals surface area contributed by atoms with E-state index in [9.17, 15) is 4.79 Å². The van der Waals surface area contributed by atoms with Gasteiger partial charge in [0.05, 0.1) is 6.04 Å². The first-order valence-electron chi connectivity index (χ1n) is 5.09. The molecule has 0 bridgehead atoms. The Morgan fingerprint density at radius 2 is 2.13 bits per heavy atom. The van der Waals surface area contributed by atoms with Crippen LogP contribution in [-0.2, 0) is 4.79 Å². The van der Waals surface area contributed by atoms with E-state index in [1.807, 2.05) is 24.3 Å². The normalized spacial score (nSPS) is 21.3. The fourth-order valence-electron chi connectivity index (χ4n) is 1.79. The predicted octanol–water partition coefficient (Wildman–Crippen LogP) is 0.246. The maximum Gasteiger partial charge on any atom is 0.138 e. The van der Waals surface area contributed by atoms with Crippen molar-refractivity contribution in [2.45, 2.75) is 6.04 Å². The summed E-state index contributed by atoms with van der Waals surface area (Å²) in [4.78, 5) is 12.9. The van der Waals surface area contributed by atoms with Crippen molar-refractivity contribution < 1.29 is 4.79 Å². The number of benzene rings is 1. The first kappa shape index (κ1) is 9.98. The van der Waals surface area contributed by atoms with Crippen LogP contribution in [0.15, 0.2) is 24.3 Å². The number of nitrogens with one attached hydrogen (secondary N) is 1. The van der Waals surface area contributed by atoms with Gasteiger partial charge in [0, 0.05) is 31.0 Å². The monoisotopic (exact) mass is 205 g/mol. The second-order valence-electron chi connectivity index (χ2n) is 3.73. The van der Waals surface area contributed by atoms with Crippen LogP contribution in [0.4, 0.5) is 11.4 Å². The Labute approximate surface area is 89.1 Å². The molecule has 80 valence electrons. The second-order valence-corrected chi connectivity index (χ2v) is 3.73. The van der Waals surface area contributed by atoms with Crippen molar-refractivity contribution in [3.05, 3.63) is 24.3 Å². The van der Waals surface area contributed by atoms with Crippen LogP contribution in [0.2, 0.25) is 0 Å². The number of nitrogen functional groups attached to an aromatic ring is 1. The van der Waals surface area contributed by atoms with E-state index in [4.69, 9.17) is 5.73 Å². The largest absolute Gasteiger partial charge is 0.399 e. The highest BCUT2D eigenvalue weighted by molar-refractivity contribution is 5.61. The number of piperazine rings is 1. The zero-order valence-corrected chi connectivity index (χ0v) is 8.52. The lowest BCUT2D eigenvalue weighted by Crippen LogP contribution is -2.51. The number of hydrogen-bond acceptors (Lipinski definition) is 4. The smallest absolute Gasteiger partial charge is 0.138 e. The molecule has 1 aliphatic heterocycles. The molecule has 1 fully saturated rings. The lowest BCUT2D eigenvalue weighted by molar-refractivity contribution is -0.109. The number of aldehydes is 1. The van der Waals surface area contributed by atoms with E-state index in [1.165, 1.54) is 0 Å². The molecule has 0 spiro atoms. The van der Waals surface area contributed by atoms with Gasteiger partial charge in [-0.1, -0.05) is 0 Å². The summed E-state index contributed by atoms with van der Waals surface area (Å²) in [5, 5.41) is 3.15. The van der Waals surface area contributed by atoms with Crippen molar-refractivity contribution in [1.29, 1.82) is 0 Å². The summed E-state index contributed by atoms with van der Waals surface area (Å²) in [7, 11) is 0. The van der Waals surface area contributed by atoms with Crippen molar-refractivity contribution in [3.63, 3.8) is 0 Å². The maximum atomic E-state index is 10.7. The van der Waals surface area contributed by atoms with Crippen molar-refractivity contribution in [1.82, 2.24) is 5.32 Å². The van der Waals surface area contributed by atoms with Crippen LogP contribution in [0.5, 0.6) is 0 Å². The van der Waals surface area contributed by atoms with Gasteiger partial charge < -0.3 is 20.7 Å². The van der Waals surface area contributed by atoms with Gasteiger partial charge in [-0.05, 0) is 24.3 Å². The third-order valence-corrected chi connectivity index (χ3v) is 2.63. The Morgan fingerprint density at radius 1 is 1.40 bits per heavy atom. The highest BCUT2D eigenvalue weighted by Gasteiger charge is 2.18. The predicted molar refractivity (Wildman–Crippen MR) is 60.9 cm³/mol. The van der Waals surface area contributed by atoms with Crippen molar-refractivity contribution >= 4 is 17.7 Å². The molecule has 2 rings (SSSR count). The maximum absolute atomic E-state index is 10.7. The zero-order valence-electron chi connectivity index (χ0n) is 8.52. The first-order chi connectivity index (χ1) is 7.29. The molecule has 0 radical (unpaired) electrons. The quantitative estimate of drug-likeness (QED) is 0.536. The number of nitrogens with zero attached hydrogens (tertiary/aromatic N) is 1. The second kappa shape index (κ2) is 4.31. The third kappa shape index (κ3) is 2.27. The van der Waals surface area contributed by atoms with E-state index in [0.29, 0.717) is 0 Å². The number of anilines is 2. The van der Waals surface area contributed by atoms with Gasteiger partial charge in [-0.15, -0.1) is 0 Å². The Morgan fingerprint density at radius 3 is 2.80 bits per heavy atom. The SMILES string of the molecule is Nc1ccc(N2CCNC(C=O)C2)cc1. The molecule has 1 atom stereocenters. The standard InChI is InChI=1S/C11H15N3O/c12-9-1-3-11(4-2-9)14-6-5-13-10(7-14)8-15/h1-4,8,10,13H,5-7,12H2. The van der Waals surface area contributed by atoms with Crippen LogP contribution in [0.1, 0.15) is 0 Å². The van der Waals surface area contributed by atoms with Gasteiger partial charge in [0.2, 0.25) is 0 Å². The van der Waals surface area contributed by atoms with E-state index >= 15 is 0 Å². The molecule has 3 N–H and O–H groups in total. The number of rotatable bonds is 2. The average Bonchev–Trinajstić information content (AvgIpc) is 2.30. The van der Waals surface area contributed by atoms with E-state index in [1.54, 1.807) is 0 Å². The number of carbonyl (C=O) groups excluding carboxylic acids is 1. The molecule has 1 saturated heterocycles. The van der Waals surface area contributed by atoms with Crippen LogP contribution >= 0.6 is 0 Å². The summed E-state index contributed by atoms with van der Waals surface area (Å²) in [5.41, 5.74) is 7.51. The zero-order chi connectivity index (χ0) is 10.7. The Kier molecular flexibility index (Phi) is 2.87. The lowest BCUT2D eigenvalue weighted by Gasteiger charge is -2.32. The van der Waals surface area contributed by atoms with Gasteiger partial charge in [0.15, 0.2) is 0 Å². The summed E-state index contributed by atoms with van der Waals surface area (Å²) in [6.45, 7) is 2.50. The third-order valence-electron chi connectivity index (χ3n) is 2.63. The molecule has 1 unspecified atom stereocenters. The Balaban J connectivity index is 2.09. The molecule has 0 saturated carbocycles. The molecule has 15 heavy (non-hydrogen) atoms. The van der Waals surface area contributed by atoms with E-state index in [0.717, 1.165) is 37.3 Å². The summed E-state index contributed by atoms with van der Waals surface area (Å²) in [6, 6.07) is 7.68. The number of hydrogen-bond donors (Lipinski definition) is 2.